The lowest BCUT2D eigenvalue weighted by Crippen LogP contribution is -2.02. The highest BCUT2D eigenvalue weighted by atomic mass is 79.9. The van der Waals surface area contributed by atoms with Gasteiger partial charge in [-0.2, -0.15) is 0 Å². The summed E-state index contributed by atoms with van der Waals surface area (Å²) in [5.74, 6) is 0. The van der Waals surface area contributed by atoms with Crippen LogP contribution in [0, 0.1) is 0 Å². The Bertz CT molecular complexity index is 746. The van der Waals surface area contributed by atoms with E-state index in [1.807, 2.05) is 24.3 Å². The van der Waals surface area contributed by atoms with Crippen LogP contribution >= 0.6 is 15.9 Å². The molecule has 0 aliphatic rings. The molecule has 0 aliphatic heterocycles. The van der Waals surface area contributed by atoms with Gasteiger partial charge in [-0.15, -0.1) is 0 Å². The molecule has 0 unspecified atom stereocenters. The number of pyridine rings is 1. The largest absolute Gasteiger partial charge is 0.322 e. The zero-order valence-electron chi connectivity index (χ0n) is 8.33. The van der Waals surface area contributed by atoms with E-state index in [0.29, 0.717) is 0 Å². The third-order valence-electron chi connectivity index (χ3n) is 2.68. The molecule has 0 bridgehead atoms. The molecule has 1 aromatic heterocycles. The first-order valence-corrected chi connectivity index (χ1v) is 5.75. The summed E-state index contributed by atoms with van der Waals surface area (Å²) in [4.78, 5) is 14.0. The minimum Gasteiger partial charge on any atom is -0.322 e. The lowest BCUT2D eigenvalue weighted by molar-refractivity contribution is 1.31. The van der Waals surface area contributed by atoms with Gasteiger partial charge in [0.2, 0.25) is 5.56 Å². The standard InChI is InChI=1S/C13H8BrNO/c14-9-2-3-10-8(7-9)1-5-12-11(10)4-6-13(16)15-12/h1-7H,(H,15,16). The van der Waals surface area contributed by atoms with Gasteiger partial charge in [-0.05, 0) is 35.0 Å². The summed E-state index contributed by atoms with van der Waals surface area (Å²) in [6.07, 6.45) is 0. The summed E-state index contributed by atoms with van der Waals surface area (Å²) in [6, 6.07) is 13.5. The fraction of sp³-hybridized carbons (Fsp3) is 0. The first kappa shape index (κ1) is 9.60. The number of halogens is 1. The molecule has 3 rings (SSSR count). The minimum atomic E-state index is -0.0658. The molecule has 0 atom stereocenters. The van der Waals surface area contributed by atoms with Gasteiger partial charge < -0.3 is 4.98 Å². The van der Waals surface area contributed by atoms with Crippen LogP contribution in [0.2, 0.25) is 0 Å². The molecule has 0 radical (unpaired) electrons. The van der Waals surface area contributed by atoms with E-state index >= 15 is 0 Å². The van der Waals surface area contributed by atoms with Crippen LogP contribution in [0.25, 0.3) is 21.7 Å². The smallest absolute Gasteiger partial charge is 0.248 e. The van der Waals surface area contributed by atoms with Crippen LogP contribution in [-0.2, 0) is 0 Å². The molecular weight excluding hydrogens is 266 g/mol. The number of H-pyrrole nitrogens is 1. The van der Waals surface area contributed by atoms with Crippen molar-refractivity contribution in [2.75, 3.05) is 0 Å². The van der Waals surface area contributed by atoms with Crippen molar-refractivity contribution in [1.82, 2.24) is 4.98 Å². The summed E-state index contributed by atoms with van der Waals surface area (Å²) in [7, 11) is 0. The Hall–Kier alpha value is -1.61. The lowest BCUT2D eigenvalue weighted by atomic mass is 10.1. The van der Waals surface area contributed by atoms with Gasteiger partial charge in [-0.3, -0.25) is 4.79 Å². The number of hydrogen-bond acceptors (Lipinski definition) is 1. The van der Waals surface area contributed by atoms with Gasteiger partial charge in [0.05, 0.1) is 0 Å². The maximum Gasteiger partial charge on any atom is 0.248 e. The second-order valence-corrected chi connectivity index (χ2v) is 4.63. The molecule has 1 heterocycles. The molecule has 16 heavy (non-hydrogen) atoms. The van der Waals surface area contributed by atoms with Gasteiger partial charge in [0.15, 0.2) is 0 Å². The predicted octanol–water partition coefficient (Wildman–Crippen LogP) is 3.44. The average Bonchev–Trinajstić information content (AvgIpc) is 2.28. The molecule has 78 valence electrons. The number of hydrogen-bond donors (Lipinski definition) is 1. The summed E-state index contributed by atoms with van der Waals surface area (Å²) in [5.41, 5.74) is 0.811. The molecule has 0 aliphatic carbocycles. The number of aromatic nitrogens is 1. The second-order valence-electron chi connectivity index (χ2n) is 3.71. The monoisotopic (exact) mass is 273 g/mol. The second kappa shape index (κ2) is 3.46. The lowest BCUT2D eigenvalue weighted by Gasteiger charge is -2.03. The van der Waals surface area contributed by atoms with Crippen molar-refractivity contribution in [3.63, 3.8) is 0 Å². The Kier molecular flexibility index (Phi) is 2.07. The third kappa shape index (κ3) is 1.44. The van der Waals surface area contributed by atoms with Crippen LogP contribution in [0.3, 0.4) is 0 Å². The summed E-state index contributed by atoms with van der Waals surface area (Å²) >= 11 is 3.45. The molecule has 0 fully saturated rings. The van der Waals surface area contributed by atoms with Crippen molar-refractivity contribution in [3.05, 3.63) is 57.3 Å². The van der Waals surface area contributed by atoms with Crippen LogP contribution in [0.5, 0.6) is 0 Å². The van der Waals surface area contributed by atoms with Crippen molar-refractivity contribution < 1.29 is 0 Å². The molecule has 2 nitrogen and oxygen atoms in total. The molecule has 2 aromatic carbocycles. The van der Waals surface area contributed by atoms with Crippen molar-refractivity contribution in [2.45, 2.75) is 0 Å². The van der Waals surface area contributed by atoms with E-state index in [1.165, 1.54) is 0 Å². The van der Waals surface area contributed by atoms with E-state index in [4.69, 9.17) is 0 Å². The number of aromatic amines is 1. The van der Waals surface area contributed by atoms with Gasteiger partial charge in [-0.1, -0.05) is 28.1 Å². The van der Waals surface area contributed by atoms with E-state index in [1.54, 1.807) is 6.07 Å². The quantitative estimate of drug-likeness (QED) is 0.626. The van der Waals surface area contributed by atoms with E-state index in [-0.39, 0.29) is 5.56 Å². The van der Waals surface area contributed by atoms with Crippen molar-refractivity contribution in [1.29, 1.82) is 0 Å². The molecule has 3 aromatic rings. The SMILES string of the molecule is O=c1ccc2c(ccc3cc(Br)ccc32)[nH]1. The van der Waals surface area contributed by atoms with Crippen molar-refractivity contribution in [3.8, 4) is 0 Å². The summed E-state index contributed by atoms with van der Waals surface area (Å²) < 4.78 is 1.06. The van der Waals surface area contributed by atoms with E-state index < -0.39 is 0 Å². The maximum absolute atomic E-state index is 11.2. The molecule has 0 amide bonds. The molecule has 1 N–H and O–H groups in total. The minimum absolute atomic E-state index is 0.0658. The first-order chi connectivity index (χ1) is 7.74. The highest BCUT2D eigenvalue weighted by Crippen LogP contribution is 2.25. The van der Waals surface area contributed by atoms with Crippen molar-refractivity contribution in [2.24, 2.45) is 0 Å². The molecule has 0 spiro atoms. The predicted molar refractivity (Wildman–Crippen MR) is 69.8 cm³/mol. The van der Waals surface area contributed by atoms with Crippen LogP contribution in [-0.4, -0.2) is 4.98 Å². The highest BCUT2D eigenvalue weighted by molar-refractivity contribution is 9.10. The fourth-order valence-electron chi connectivity index (χ4n) is 1.95. The topological polar surface area (TPSA) is 32.9 Å². The van der Waals surface area contributed by atoms with Crippen molar-refractivity contribution >= 4 is 37.6 Å². The van der Waals surface area contributed by atoms with Gasteiger partial charge in [0.25, 0.3) is 0 Å². The van der Waals surface area contributed by atoms with Gasteiger partial charge in [-0.25, -0.2) is 0 Å². The third-order valence-corrected chi connectivity index (χ3v) is 3.18. The van der Waals surface area contributed by atoms with E-state index in [2.05, 4.69) is 33.0 Å². The van der Waals surface area contributed by atoms with Gasteiger partial charge in [0.1, 0.15) is 0 Å². The molecule has 0 saturated carbocycles. The molecule has 3 heteroatoms. The van der Waals surface area contributed by atoms with Crippen LogP contribution in [0.4, 0.5) is 0 Å². The maximum atomic E-state index is 11.2. The zero-order chi connectivity index (χ0) is 11.1. The number of rotatable bonds is 0. The number of fused-ring (bicyclic) bond motifs is 3. The normalized spacial score (nSPS) is 11.1. The Labute approximate surface area is 100 Å². The summed E-state index contributed by atoms with van der Waals surface area (Å²) in [6.45, 7) is 0. The van der Waals surface area contributed by atoms with Gasteiger partial charge in [0, 0.05) is 21.4 Å². The summed E-state index contributed by atoms with van der Waals surface area (Å²) in [5, 5.41) is 3.38. The zero-order valence-corrected chi connectivity index (χ0v) is 9.91. The first-order valence-electron chi connectivity index (χ1n) is 4.95. The Morgan fingerprint density at radius 3 is 2.62 bits per heavy atom. The Morgan fingerprint density at radius 2 is 1.75 bits per heavy atom. The Morgan fingerprint density at radius 1 is 0.938 bits per heavy atom. The van der Waals surface area contributed by atoms with Gasteiger partial charge >= 0.3 is 0 Å². The molecule has 0 saturated heterocycles. The van der Waals surface area contributed by atoms with Crippen LogP contribution < -0.4 is 5.56 Å². The van der Waals surface area contributed by atoms with E-state index in [0.717, 1.165) is 26.1 Å². The molecular formula is C13H8BrNO. The average molecular weight is 274 g/mol. The van der Waals surface area contributed by atoms with Crippen LogP contribution in [0.15, 0.2) is 51.7 Å². The Balaban J connectivity index is 2.54. The van der Waals surface area contributed by atoms with Crippen LogP contribution in [0.1, 0.15) is 0 Å². The number of nitrogens with one attached hydrogen (secondary N) is 1. The number of benzene rings is 2. The fourth-order valence-corrected chi connectivity index (χ4v) is 2.33. The van der Waals surface area contributed by atoms with E-state index in [9.17, 15) is 4.79 Å². The highest BCUT2D eigenvalue weighted by Gasteiger charge is 2.01.